The smallest absolute Gasteiger partial charge is 0.225 e. The van der Waals surface area contributed by atoms with Crippen molar-refractivity contribution in [3.05, 3.63) is 29.8 Å². The SMILES string of the molecule is CC(O)c1ccccc1N1CCC(C)(C(N)=O)C1. The van der Waals surface area contributed by atoms with Crippen LogP contribution < -0.4 is 10.6 Å². The standard InChI is InChI=1S/C14H20N2O2/c1-10(17)11-5-3-4-6-12(11)16-8-7-14(2,9-16)13(15)18/h3-6,10,17H,7-9H2,1-2H3,(H2,15,18). The van der Waals surface area contributed by atoms with E-state index < -0.39 is 11.5 Å². The van der Waals surface area contributed by atoms with Gasteiger partial charge in [0.25, 0.3) is 0 Å². The normalized spacial score (nSPS) is 25.2. The maximum absolute atomic E-state index is 11.5. The topological polar surface area (TPSA) is 66.6 Å². The molecule has 3 N–H and O–H groups in total. The van der Waals surface area contributed by atoms with Gasteiger partial charge in [-0.3, -0.25) is 4.79 Å². The van der Waals surface area contributed by atoms with Gasteiger partial charge in [0, 0.05) is 24.3 Å². The van der Waals surface area contributed by atoms with Crippen molar-refractivity contribution in [2.45, 2.75) is 26.4 Å². The van der Waals surface area contributed by atoms with Crippen LogP contribution in [0.5, 0.6) is 0 Å². The maximum atomic E-state index is 11.5. The zero-order valence-corrected chi connectivity index (χ0v) is 10.9. The molecule has 2 rings (SSSR count). The van der Waals surface area contributed by atoms with Gasteiger partial charge in [-0.05, 0) is 26.3 Å². The molecule has 1 heterocycles. The van der Waals surface area contributed by atoms with E-state index in [1.165, 1.54) is 0 Å². The highest BCUT2D eigenvalue weighted by Gasteiger charge is 2.39. The molecule has 0 aliphatic carbocycles. The zero-order chi connectivity index (χ0) is 13.3. The molecule has 0 radical (unpaired) electrons. The largest absolute Gasteiger partial charge is 0.389 e. The van der Waals surface area contributed by atoms with Crippen LogP contribution in [0.15, 0.2) is 24.3 Å². The van der Waals surface area contributed by atoms with Crippen LogP contribution in [0.3, 0.4) is 0 Å². The number of rotatable bonds is 3. The molecule has 1 aliphatic heterocycles. The van der Waals surface area contributed by atoms with Crippen molar-refractivity contribution in [2.24, 2.45) is 11.1 Å². The van der Waals surface area contributed by atoms with Crippen molar-refractivity contribution in [3.8, 4) is 0 Å². The molecular weight excluding hydrogens is 228 g/mol. The molecule has 1 aliphatic rings. The third-order valence-corrected chi connectivity index (χ3v) is 3.80. The number of aliphatic hydroxyl groups is 1. The average molecular weight is 248 g/mol. The van der Waals surface area contributed by atoms with E-state index in [0.717, 1.165) is 24.2 Å². The van der Waals surface area contributed by atoms with Crippen LogP contribution in [-0.4, -0.2) is 24.1 Å². The fourth-order valence-electron chi connectivity index (χ4n) is 2.50. The summed E-state index contributed by atoms with van der Waals surface area (Å²) in [6.07, 6.45) is 0.248. The van der Waals surface area contributed by atoms with E-state index in [1.54, 1.807) is 6.92 Å². The number of primary amides is 1. The summed E-state index contributed by atoms with van der Waals surface area (Å²) in [5, 5.41) is 9.79. The molecule has 1 aromatic carbocycles. The molecule has 1 aromatic rings. The Morgan fingerprint density at radius 3 is 2.72 bits per heavy atom. The lowest BCUT2D eigenvalue weighted by Crippen LogP contribution is -2.37. The van der Waals surface area contributed by atoms with Gasteiger partial charge in [0.05, 0.1) is 11.5 Å². The van der Waals surface area contributed by atoms with Crippen LogP contribution >= 0.6 is 0 Å². The number of carbonyl (C=O) groups is 1. The Morgan fingerprint density at radius 1 is 1.50 bits per heavy atom. The summed E-state index contributed by atoms with van der Waals surface area (Å²) in [5.74, 6) is -0.250. The van der Waals surface area contributed by atoms with E-state index in [4.69, 9.17) is 5.73 Å². The van der Waals surface area contributed by atoms with Gasteiger partial charge in [0.1, 0.15) is 0 Å². The van der Waals surface area contributed by atoms with Gasteiger partial charge in [-0.15, -0.1) is 0 Å². The van der Waals surface area contributed by atoms with E-state index in [9.17, 15) is 9.90 Å². The second-order valence-corrected chi connectivity index (χ2v) is 5.33. The number of anilines is 1. The third kappa shape index (κ3) is 2.20. The van der Waals surface area contributed by atoms with E-state index in [2.05, 4.69) is 4.90 Å². The molecule has 4 nitrogen and oxygen atoms in total. The first kappa shape index (κ1) is 12.9. The monoisotopic (exact) mass is 248 g/mol. The lowest BCUT2D eigenvalue weighted by Gasteiger charge is -2.25. The fraction of sp³-hybridized carbons (Fsp3) is 0.500. The molecule has 4 heteroatoms. The van der Waals surface area contributed by atoms with Crippen LogP contribution in [-0.2, 0) is 4.79 Å². The molecule has 2 unspecified atom stereocenters. The summed E-state index contributed by atoms with van der Waals surface area (Å²) in [6.45, 7) is 5.07. The minimum Gasteiger partial charge on any atom is -0.389 e. The molecule has 0 bridgehead atoms. The van der Waals surface area contributed by atoms with Crippen LogP contribution in [0.25, 0.3) is 0 Å². The number of aliphatic hydroxyl groups excluding tert-OH is 1. The summed E-state index contributed by atoms with van der Waals surface area (Å²) < 4.78 is 0. The number of hydrogen-bond acceptors (Lipinski definition) is 3. The van der Waals surface area contributed by atoms with Crippen molar-refractivity contribution >= 4 is 11.6 Å². The lowest BCUT2D eigenvalue weighted by molar-refractivity contribution is -0.125. The molecular formula is C14H20N2O2. The van der Waals surface area contributed by atoms with Gasteiger partial charge in [0.2, 0.25) is 5.91 Å². The Kier molecular flexibility index (Phi) is 3.30. The van der Waals surface area contributed by atoms with Gasteiger partial charge >= 0.3 is 0 Å². The molecule has 2 atom stereocenters. The highest BCUT2D eigenvalue weighted by atomic mass is 16.3. The Hall–Kier alpha value is -1.55. The van der Waals surface area contributed by atoms with E-state index >= 15 is 0 Å². The molecule has 98 valence electrons. The van der Waals surface area contributed by atoms with E-state index in [-0.39, 0.29) is 5.91 Å². The Balaban J connectivity index is 2.27. The molecule has 0 saturated carbocycles. The van der Waals surface area contributed by atoms with Gasteiger partial charge in [-0.1, -0.05) is 18.2 Å². The number of carbonyl (C=O) groups excluding carboxylic acids is 1. The predicted octanol–water partition coefficient (Wildman–Crippen LogP) is 1.44. The molecule has 1 amide bonds. The molecule has 18 heavy (non-hydrogen) atoms. The van der Waals surface area contributed by atoms with Gasteiger partial charge in [-0.25, -0.2) is 0 Å². The first-order chi connectivity index (χ1) is 8.44. The summed E-state index contributed by atoms with van der Waals surface area (Å²) in [6, 6.07) is 7.75. The summed E-state index contributed by atoms with van der Waals surface area (Å²) >= 11 is 0. The predicted molar refractivity (Wildman–Crippen MR) is 71.2 cm³/mol. The Morgan fingerprint density at radius 2 is 2.17 bits per heavy atom. The molecule has 1 fully saturated rings. The quantitative estimate of drug-likeness (QED) is 0.850. The summed E-state index contributed by atoms with van der Waals surface area (Å²) in [5.41, 5.74) is 6.88. The van der Waals surface area contributed by atoms with Gasteiger partial charge in [-0.2, -0.15) is 0 Å². The minimum atomic E-state index is -0.512. The number of nitrogens with two attached hydrogens (primary N) is 1. The molecule has 0 spiro atoms. The zero-order valence-electron chi connectivity index (χ0n) is 10.9. The highest BCUT2D eigenvalue weighted by molar-refractivity contribution is 5.82. The number of nitrogens with zero attached hydrogens (tertiary/aromatic N) is 1. The minimum absolute atomic E-state index is 0.250. The lowest BCUT2D eigenvalue weighted by atomic mass is 9.89. The first-order valence-corrected chi connectivity index (χ1v) is 6.26. The number of hydrogen-bond donors (Lipinski definition) is 2. The summed E-state index contributed by atoms with van der Waals surface area (Å²) in [4.78, 5) is 13.6. The Labute approximate surface area is 107 Å². The number of amides is 1. The number of benzene rings is 1. The van der Waals surface area contributed by atoms with Crippen molar-refractivity contribution < 1.29 is 9.90 Å². The van der Waals surface area contributed by atoms with Crippen molar-refractivity contribution in [3.63, 3.8) is 0 Å². The van der Waals surface area contributed by atoms with Crippen molar-refractivity contribution in [1.82, 2.24) is 0 Å². The van der Waals surface area contributed by atoms with Crippen LogP contribution in [0.4, 0.5) is 5.69 Å². The second kappa shape index (κ2) is 4.61. The van der Waals surface area contributed by atoms with Crippen LogP contribution in [0.1, 0.15) is 31.9 Å². The second-order valence-electron chi connectivity index (χ2n) is 5.33. The van der Waals surface area contributed by atoms with Gasteiger partial charge in [0.15, 0.2) is 0 Å². The third-order valence-electron chi connectivity index (χ3n) is 3.80. The average Bonchev–Trinajstić information content (AvgIpc) is 2.73. The van der Waals surface area contributed by atoms with Crippen LogP contribution in [0, 0.1) is 5.41 Å². The molecule has 1 saturated heterocycles. The Bertz CT molecular complexity index is 459. The van der Waals surface area contributed by atoms with E-state index in [1.807, 2.05) is 31.2 Å². The fourth-order valence-corrected chi connectivity index (χ4v) is 2.50. The number of para-hydroxylation sites is 1. The van der Waals surface area contributed by atoms with Gasteiger partial charge < -0.3 is 15.7 Å². The van der Waals surface area contributed by atoms with Crippen molar-refractivity contribution in [2.75, 3.05) is 18.0 Å². The summed E-state index contributed by atoms with van der Waals surface area (Å²) in [7, 11) is 0. The van der Waals surface area contributed by atoms with Crippen LogP contribution in [0.2, 0.25) is 0 Å². The van der Waals surface area contributed by atoms with Crippen molar-refractivity contribution in [1.29, 1.82) is 0 Å². The van der Waals surface area contributed by atoms with E-state index in [0.29, 0.717) is 6.54 Å². The highest BCUT2D eigenvalue weighted by Crippen LogP contribution is 2.35. The molecule has 0 aromatic heterocycles. The maximum Gasteiger partial charge on any atom is 0.225 e. The first-order valence-electron chi connectivity index (χ1n) is 6.26.